The van der Waals surface area contributed by atoms with Gasteiger partial charge in [0.15, 0.2) is 15.6 Å². The molecule has 0 aliphatic carbocycles. The van der Waals surface area contributed by atoms with Crippen molar-refractivity contribution in [2.24, 2.45) is 0 Å². The smallest absolute Gasteiger partial charge is 0.287 e. The number of nitrogens with zero attached hydrogens (tertiary/aromatic N) is 1. The maximum Gasteiger partial charge on any atom is 0.287 e. The summed E-state index contributed by atoms with van der Waals surface area (Å²) >= 11 is 10.5. The first-order valence-electron chi connectivity index (χ1n) is 7.52. The Morgan fingerprint density at radius 2 is 2.12 bits per heavy atom. The molecule has 0 saturated heterocycles. The largest absolute Gasteiger partial charge is 0.444 e. The summed E-state index contributed by atoms with van der Waals surface area (Å²) in [6.45, 7) is -0.180. The van der Waals surface area contributed by atoms with Crippen molar-refractivity contribution in [2.45, 2.75) is 6.42 Å². The van der Waals surface area contributed by atoms with Gasteiger partial charge in [-0.15, -0.1) is 11.3 Å². The molecule has 0 unspecified atom stereocenters. The van der Waals surface area contributed by atoms with E-state index in [-0.39, 0.29) is 18.2 Å². The third-order valence-electron chi connectivity index (χ3n) is 3.27. The topological polar surface area (TPSA) is 84.2 Å². The van der Waals surface area contributed by atoms with Gasteiger partial charge in [0.2, 0.25) is 5.91 Å². The van der Waals surface area contributed by atoms with Crippen LogP contribution in [0, 0.1) is 0 Å². The average Bonchev–Trinajstić information content (AvgIpc) is 3.22. The zero-order valence-electron chi connectivity index (χ0n) is 13.3. The van der Waals surface area contributed by atoms with Crippen molar-refractivity contribution in [1.82, 2.24) is 10.3 Å². The lowest BCUT2D eigenvalue weighted by Crippen LogP contribution is -2.32. The van der Waals surface area contributed by atoms with Crippen molar-refractivity contribution in [3.05, 3.63) is 68.5 Å². The summed E-state index contributed by atoms with van der Waals surface area (Å²) in [5.41, 5.74) is 1.07. The molecule has 0 saturated carbocycles. The van der Waals surface area contributed by atoms with E-state index < -0.39 is 5.91 Å². The first kappa shape index (κ1) is 18.6. The minimum absolute atomic E-state index is 0.128. The van der Waals surface area contributed by atoms with Crippen molar-refractivity contribution >= 4 is 55.8 Å². The molecule has 3 rings (SSSR count). The Labute approximate surface area is 166 Å². The number of anilines is 1. The van der Waals surface area contributed by atoms with Crippen LogP contribution in [0.1, 0.15) is 21.0 Å². The summed E-state index contributed by atoms with van der Waals surface area (Å²) in [6, 6.07) is 10.7. The minimum Gasteiger partial charge on any atom is -0.444 e. The van der Waals surface area contributed by atoms with E-state index >= 15 is 0 Å². The molecule has 6 nitrogen and oxygen atoms in total. The summed E-state index contributed by atoms with van der Waals surface area (Å²) in [4.78, 5) is 28.9. The molecule has 26 heavy (non-hydrogen) atoms. The minimum atomic E-state index is -0.466. The fourth-order valence-electron chi connectivity index (χ4n) is 2.14. The Bertz CT molecular complexity index is 941. The Morgan fingerprint density at radius 3 is 2.85 bits per heavy atom. The first-order chi connectivity index (χ1) is 12.5. The number of aromatic nitrogens is 1. The lowest BCUT2D eigenvalue weighted by atomic mass is 10.1. The summed E-state index contributed by atoms with van der Waals surface area (Å²) in [7, 11) is 0. The predicted octanol–water partition coefficient (Wildman–Crippen LogP) is 4.11. The molecule has 2 heterocycles. The second kappa shape index (κ2) is 8.48. The number of carbonyl (C=O) groups is 2. The van der Waals surface area contributed by atoms with E-state index in [4.69, 9.17) is 16.0 Å². The van der Waals surface area contributed by atoms with E-state index in [1.54, 1.807) is 12.3 Å². The third-order valence-corrected chi connectivity index (χ3v) is 4.85. The number of hydrogen-bond donors (Lipinski definition) is 2. The van der Waals surface area contributed by atoms with Crippen molar-refractivity contribution in [3.8, 4) is 0 Å². The van der Waals surface area contributed by atoms with Gasteiger partial charge in [0.25, 0.3) is 5.91 Å². The molecule has 0 aliphatic rings. The molecule has 134 valence electrons. The summed E-state index contributed by atoms with van der Waals surface area (Å²) in [6.07, 6.45) is 2.39. The average molecular weight is 455 g/mol. The summed E-state index contributed by atoms with van der Waals surface area (Å²) in [5, 5.41) is 6.30. The van der Waals surface area contributed by atoms with Crippen molar-refractivity contribution in [3.63, 3.8) is 0 Å². The van der Waals surface area contributed by atoms with Crippen molar-refractivity contribution in [1.29, 1.82) is 0 Å². The quantitative estimate of drug-likeness (QED) is 0.587. The van der Waals surface area contributed by atoms with Crippen LogP contribution in [0.5, 0.6) is 0 Å². The number of benzene rings is 1. The van der Waals surface area contributed by atoms with Gasteiger partial charge in [-0.1, -0.05) is 23.7 Å². The van der Waals surface area contributed by atoms with Crippen LogP contribution in [0.4, 0.5) is 5.13 Å². The molecule has 0 atom stereocenters. The highest BCUT2D eigenvalue weighted by atomic mass is 79.9. The van der Waals surface area contributed by atoms with Crippen LogP contribution in [-0.2, 0) is 11.2 Å². The van der Waals surface area contributed by atoms with Crippen LogP contribution in [0.15, 0.2) is 51.7 Å². The Balaban J connectivity index is 1.50. The summed E-state index contributed by atoms with van der Waals surface area (Å²) < 4.78 is 5.56. The second-order valence-corrected chi connectivity index (χ2v) is 7.61. The molecule has 0 bridgehead atoms. The molecule has 1 aromatic carbocycles. The fourth-order valence-corrected chi connectivity index (χ4v) is 3.52. The molecule has 0 radical (unpaired) electrons. The molecule has 0 spiro atoms. The molecule has 9 heteroatoms. The van der Waals surface area contributed by atoms with E-state index in [1.807, 2.05) is 24.3 Å². The van der Waals surface area contributed by atoms with Gasteiger partial charge >= 0.3 is 0 Å². The number of nitrogens with one attached hydrogen (secondary N) is 2. The van der Waals surface area contributed by atoms with Crippen LogP contribution in [-0.4, -0.2) is 23.3 Å². The number of furan rings is 1. The Hall–Kier alpha value is -2.16. The van der Waals surface area contributed by atoms with Gasteiger partial charge in [-0.3, -0.25) is 9.59 Å². The predicted molar refractivity (Wildman–Crippen MR) is 104 cm³/mol. The van der Waals surface area contributed by atoms with Gasteiger partial charge in [0.1, 0.15) is 0 Å². The number of thiazole rings is 1. The van der Waals surface area contributed by atoms with Gasteiger partial charge in [-0.05, 0) is 45.8 Å². The lowest BCUT2D eigenvalue weighted by molar-refractivity contribution is -0.115. The van der Waals surface area contributed by atoms with E-state index in [9.17, 15) is 9.59 Å². The van der Waals surface area contributed by atoms with Crippen molar-refractivity contribution < 1.29 is 14.0 Å². The van der Waals surface area contributed by atoms with Gasteiger partial charge < -0.3 is 15.1 Å². The van der Waals surface area contributed by atoms with Gasteiger partial charge in [-0.2, -0.15) is 0 Å². The number of halogens is 2. The number of carbonyl (C=O) groups excluding carboxylic acids is 2. The van der Waals surface area contributed by atoms with Crippen LogP contribution >= 0.6 is 38.9 Å². The molecular formula is C17H13BrClN3O3S. The fraction of sp³-hybridized carbons (Fsp3) is 0.118. The number of hydrogen-bond acceptors (Lipinski definition) is 5. The maximum absolute atomic E-state index is 11.9. The van der Waals surface area contributed by atoms with E-state index in [0.717, 1.165) is 10.4 Å². The highest BCUT2D eigenvalue weighted by molar-refractivity contribution is 9.10. The molecule has 2 amide bonds. The Kier molecular flexibility index (Phi) is 6.08. The first-order valence-corrected chi connectivity index (χ1v) is 9.51. The normalized spacial score (nSPS) is 10.5. The maximum atomic E-state index is 11.9. The number of amides is 2. The van der Waals surface area contributed by atoms with Crippen LogP contribution in [0.3, 0.4) is 0 Å². The molecular weight excluding hydrogens is 442 g/mol. The zero-order valence-corrected chi connectivity index (χ0v) is 16.5. The van der Waals surface area contributed by atoms with E-state index in [0.29, 0.717) is 21.2 Å². The molecule has 3 aromatic rings. The molecule has 2 aromatic heterocycles. The highest BCUT2D eigenvalue weighted by Gasteiger charge is 2.13. The molecule has 2 N–H and O–H groups in total. The van der Waals surface area contributed by atoms with Crippen LogP contribution in [0.25, 0.3) is 0 Å². The van der Waals surface area contributed by atoms with Crippen LogP contribution in [0.2, 0.25) is 5.02 Å². The third kappa shape index (κ3) is 5.17. The van der Waals surface area contributed by atoms with Crippen molar-refractivity contribution in [2.75, 3.05) is 11.9 Å². The summed E-state index contributed by atoms with van der Waals surface area (Å²) in [5.74, 6) is -0.706. The van der Waals surface area contributed by atoms with E-state index in [2.05, 4.69) is 31.5 Å². The van der Waals surface area contributed by atoms with Gasteiger partial charge in [0.05, 0.1) is 6.54 Å². The molecule has 0 aliphatic heterocycles. The Morgan fingerprint density at radius 1 is 1.27 bits per heavy atom. The second-order valence-electron chi connectivity index (χ2n) is 5.27. The van der Waals surface area contributed by atoms with Crippen LogP contribution < -0.4 is 10.6 Å². The molecule has 0 fully saturated rings. The monoisotopic (exact) mass is 453 g/mol. The standard InChI is InChI=1S/C17H13BrClN3O3S/c18-14-5-4-13(25-14)16(24)20-9-15(23)22-17-21-8-12(26-17)7-10-2-1-3-11(19)6-10/h1-6,8H,7,9H2,(H,20,24)(H,21,22,23). The lowest BCUT2D eigenvalue weighted by Gasteiger charge is -2.03. The zero-order chi connectivity index (χ0) is 18.5. The highest BCUT2D eigenvalue weighted by Crippen LogP contribution is 2.22. The van der Waals surface area contributed by atoms with Gasteiger partial charge in [-0.25, -0.2) is 4.98 Å². The SMILES string of the molecule is O=C(CNC(=O)c1ccc(Br)o1)Nc1ncc(Cc2cccc(Cl)c2)s1. The van der Waals surface area contributed by atoms with E-state index in [1.165, 1.54) is 17.4 Å². The van der Waals surface area contributed by atoms with Gasteiger partial charge in [0, 0.05) is 22.5 Å². The number of rotatable bonds is 6.